The first-order valence-electron chi connectivity index (χ1n) is 10.0. The molecule has 3 aliphatic rings. The molecular formula is C23H30O2. The van der Waals surface area contributed by atoms with Gasteiger partial charge in [0.1, 0.15) is 11.4 Å². The summed E-state index contributed by atoms with van der Waals surface area (Å²) in [6, 6.07) is 6.69. The Hall–Kier alpha value is -1.46. The van der Waals surface area contributed by atoms with Crippen molar-refractivity contribution in [3.63, 3.8) is 0 Å². The van der Waals surface area contributed by atoms with Crippen molar-refractivity contribution in [3.05, 3.63) is 29.3 Å². The molecule has 2 heteroatoms. The standard InChI is InChI=1S/C23H30O2/c1-4-22-13-11-19-18-10-8-17(25-6-3)15-16(18)7-9-20(19)21(22)12-14-23(22,24)5-2/h2,8,10,15,19-21,24H,4,6-7,9,11-14H2,1,3H3/t19-,20-,21+,22+,23+/m1/s1. The summed E-state index contributed by atoms with van der Waals surface area (Å²) in [6.45, 7) is 4.98. The number of hydrogen-bond acceptors (Lipinski definition) is 2. The van der Waals surface area contributed by atoms with Crippen molar-refractivity contribution in [1.29, 1.82) is 0 Å². The third kappa shape index (κ3) is 2.28. The monoisotopic (exact) mass is 338 g/mol. The predicted octanol–water partition coefficient (Wildman–Crippen LogP) is 4.70. The van der Waals surface area contributed by atoms with Gasteiger partial charge in [-0.05, 0) is 92.9 Å². The van der Waals surface area contributed by atoms with E-state index in [-0.39, 0.29) is 5.41 Å². The van der Waals surface area contributed by atoms with E-state index in [0.717, 1.165) is 50.9 Å². The van der Waals surface area contributed by atoms with Crippen molar-refractivity contribution < 1.29 is 9.84 Å². The highest BCUT2D eigenvalue weighted by Gasteiger charge is 2.62. The van der Waals surface area contributed by atoms with Crippen LogP contribution in [-0.4, -0.2) is 17.3 Å². The molecule has 0 unspecified atom stereocenters. The van der Waals surface area contributed by atoms with Crippen molar-refractivity contribution in [3.8, 4) is 18.1 Å². The summed E-state index contributed by atoms with van der Waals surface area (Å²) in [5, 5.41) is 11.2. The highest BCUT2D eigenvalue weighted by molar-refractivity contribution is 5.41. The lowest BCUT2D eigenvalue weighted by Crippen LogP contribution is -2.51. The fourth-order valence-electron chi connectivity index (χ4n) is 6.59. The Bertz CT molecular complexity index is 703. The molecule has 4 rings (SSSR count). The molecule has 2 saturated carbocycles. The number of aryl methyl sites for hydroxylation is 1. The molecule has 0 amide bonds. The van der Waals surface area contributed by atoms with E-state index < -0.39 is 5.60 Å². The minimum absolute atomic E-state index is 0.0638. The van der Waals surface area contributed by atoms with Crippen molar-refractivity contribution in [2.45, 2.75) is 70.3 Å². The Labute approximate surface area is 152 Å². The van der Waals surface area contributed by atoms with Crippen LogP contribution in [0, 0.1) is 29.6 Å². The predicted molar refractivity (Wildman–Crippen MR) is 101 cm³/mol. The van der Waals surface area contributed by atoms with Gasteiger partial charge in [-0.2, -0.15) is 0 Å². The van der Waals surface area contributed by atoms with Gasteiger partial charge in [0, 0.05) is 5.41 Å². The van der Waals surface area contributed by atoms with Gasteiger partial charge in [0.2, 0.25) is 0 Å². The first-order chi connectivity index (χ1) is 12.1. The Kier molecular flexibility index (Phi) is 4.12. The van der Waals surface area contributed by atoms with Crippen LogP contribution in [0.15, 0.2) is 18.2 Å². The second-order valence-electron chi connectivity index (χ2n) is 8.30. The minimum Gasteiger partial charge on any atom is -0.494 e. The first kappa shape index (κ1) is 17.0. The van der Waals surface area contributed by atoms with Gasteiger partial charge in [-0.15, -0.1) is 6.42 Å². The van der Waals surface area contributed by atoms with E-state index in [1.807, 2.05) is 6.92 Å². The van der Waals surface area contributed by atoms with Crippen molar-refractivity contribution in [1.82, 2.24) is 0 Å². The Morgan fingerprint density at radius 2 is 2.08 bits per heavy atom. The summed E-state index contributed by atoms with van der Waals surface area (Å²) in [5.74, 6) is 5.67. The van der Waals surface area contributed by atoms with E-state index in [2.05, 4.69) is 31.0 Å². The fraction of sp³-hybridized carbons (Fsp3) is 0.652. The molecule has 1 N–H and O–H groups in total. The lowest BCUT2D eigenvalue weighted by molar-refractivity contribution is -0.0799. The Morgan fingerprint density at radius 3 is 2.80 bits per heavy atom. The van der Waals surface area contributed by atoms with E-state index >= 15 is 0 Å². The Balaban J connectivity index is 1.68. The van der Waals surface area contributed by atoms with Crippen LogP contribution in [0.25, 0.3) is 0 Å². The number of ether oxygens (including phenoxy) is 1. The van der Waals surface area contributed by atoms with Crippen LogP contribution in [0.1, 0.15) is 69.4 Å². The van der Waals surface area contributed by atoms with Crippen molar-refractivity contribution >= 4 is 0 Å². The molecule has 5 atom stereocenters. The summed E-state index contributed by atoms with van der Waals surface area (Å²) >= 11 is 0. The second kappa shape index (κ2) is 6.06. The van der Waals surface area contributed by atoms with Gasteiger partial charge in [-0.25, -0.2) is 0 Å². The summed E-state index contributed by atoms with van der Waals surface area (Å²) in [7, 11) is 0. The maximum absolute atomic E-state index is 11.2. The molecule has 0 saturated heterocycles. The summed E-state index contributed by atoms with van der Waals surface area (Å²) in [4.78, 5) is 0. The normalized spacial score (nSPS) is 39.0. The van der Waals surface area contributed by atoms with Gasteiger partial charge in [-0.1, -0.05) is 18.9 Å². The molecule has 0 radical (unpaired) electrons. The van der Waals surface area contributed by atoms with Crippen LogP contribution < -0.4 is 4.74 Å². The van der Waals surface area contributed by atoms with Gasteiger partial charge in [0.05, 0.1) is 6.61 Å². The van der Waals surface area contributed by atoms with Gasteiger partial charge in [0.25, 0.3) is 0 Å². The van der Waals surface area contributed by atoms with Crippen LogP contribution >= 0.6 is 0 Å². The molecule has 0 spiro atoms. The highest BCUT2D eigenvalue weighted by atomic mass is 16.5. The average Bonchev–Trinajstić information content (AvgIpc) is 2.95. The minimum atomic E-state index is -0.892. The molecule has 1 aromatic rings. The SMILES string of the molecule is C#C[C@]1(O)CC[C@H]2[C@@H]3CCc4cc(OCC)ccc4[C@H]3CC[C@@]21CC. The molecule has 0 aliphatic heterocycles. The molecule has 1 aromatic carbocycles. The lowest BCUT2D eigenvalue weighted by Gasteiger charge is -2.53. The van der Waals surface area contributed by atoms with Gasteiger partial charge in [0.15, 0.2) is 0 Å². The topological polar surface area (TPSA) is 29.5 Å². The number of fused-ring (bicyclic) bond motifs is 5. The van der Waals surface area contributed by atoms with E-state index in [9.17, 15) is 5.11 Å². The number of rotatable bonds is 3. The zero-order chi connectivity index (χ0) is 17.7. The zero-order valence-corrected chi connectivity index (χ0v) is 15.6. The first-order valence-corrected chi connectivity index (χ1v) is 10.0. The number of terminal acetylenes is 1. The van der Waals surface area contributed by atoms with Crippen molar-refractivity contribution in [2.24, 2.45) is 17.3 Å². The van der Waals surface area contributed by atoms with Crippen LogP contribution in [0.5, 0.6) is 5.75 Å². The lowest BCUT2D eigenvalue weighted by atomic mass is 9.52. The molecule has 0 bridgehead atoms. The third-order valence-corrected chi connectivity index (χ3v) is 7.73. The largest absolute Gasteiger partial charge is 0.494 e. The molecule has 25 heavy (non-hydrogen) atoms. The fourth-order valence-corrected chi connectivity index (χ4v) is 6.59. The molecule has 2 nitrogen and oxygen atoms in total. The van der Waals surface area contributed by atoms with E-state index in [1.165, 1.54) is 17.5 Å². The number of benzene rings is 1. The summed E-state index contributed by atoms with van der Waals surface area (Å²) in [5.41, 5.74) is 2.05. The van der Waals surface area contributed by atoms with Gasteiger partial charge >= 0.3 is 0 Å². The number of aliphatic hydroxyl groups is 1. The summed E-state index contributed by atoms with van der Waals surface area (Å²) < 4.78 is 5.70. The van der Waals surface area contributed by atoms with Gasteiger partial charge < -0.3 is 9.84 Å². The molecule has 0 heterocycles. The Morgan fingerprint density at radius 1 is 1.24 bits per heavy atom. The molecule has 2 fully saturated rings. The maximum Gasteiger partial charge on any atom is 0.131 e. The smallest absolute Gasteiger partial charge is 0.131 e. The second-order valence-corrected chi connectivity index (χ2v) is 8.30. The zero-order valence-electron chi connectivity index (χ0n) is 15.6. The van der Waals surface area contributed by atoms with E-state index in [0.29, 0.717) is 17.8 Å². The number of hydrogen-bond donors (Lipinski definition) is 1. The molecular weight excluding hydrogens is 308 g/mol. The molecule has 3 aliphatic carbocycles. The van der Waals surface area contributed by atoms with Crippen LogP contribution in [-0.2, 0) is 6.42 Å². The molecule has 0 aromatic heterocycles. The maximum atomic E-state index is 11.2. The third-order valence-electron chi connectivity index (χ3n) is 7.73. The average molecular weight is 338 g/mol. The van der Waals surface area contributed by atoms with Crippen LogP contribution in [0.4, 0.5) is 0 Å². The van der Waals surface area contributed by atoms with Crippen LogP contribution in [0.3, 0.4) is 0 Å². The van der Waals surface area contributed by atoms with E-state index in [4.69, 9.17) is 11.2 Å². The highest BCUT2D eigenvalue weighted by Crippen LogP contribution is 2.65. The van der Waals surface area contributed by atoms with Crippen molar-refractivity contribution in [2.75, 3.05) is 6.61 Å². The van der Waals surface area contributed by atoms with Gasteiger partial charge in [-0.3, -0.25) is 0 Å². The van der Waals surface area contributed by atoms with Crippen LogP contribution in [0.2, 0.25) is 0 Å². The quantitative estimate of drug-likeness (QED) is 0.810. The van der Waals surface area contributed by atoms with E-state index in [1.54, 1.807) is 0 Å². The molecule has 134 valence electrons. The summed E-state index contributed by atoms with van der Waals surface area (Å²) in [6.07, 6.45) is 13.2.